The number of ether oxygens (including phenoxy) is 1. The van der Waals surface area contributed by atoms with E-state index in [0.717, 1.165) is 16.7 Å². The number of rotatable bonds is 10. The first kappa shape index (κ1) is 29.9. The first-order chi connectivity index (χ1) is 17.4. The summed E-state index contributed by atoms with van der Waals surface area (Å²) < 4.78 is 5.45. The molecule has 0 heterocycles. The minimum absolute atomic E-state index is 0.175. The lowest BCUT2D eigenvalue weighted by Gasteiger charge is -2.39. The normalized spacial score (nSPS) is 13.9. The SMILES string of the molecule is CCC(C)C(NC(=O)OC(C)(C)C)C(=O)N(C(C)C)C(C(=O)NCc1ccccc1)c1ccccc1C. The van der Waals surface area contributed by atoms with E-state index in [4.69, 9.17) is 4.74 Å². The molecule has 0 radical (unpaired) electrons. The fourth-order valence-electron chi connectivity index (χ4n) is 4.15. The number of aryl methyl sites for hydroxylation is 1. The van der Waals surface area contributed by atoms with E-state index in [9.17, 15) is 14.4 Å². The van der Waals surface area contributed by atoms with Gasteiger partial charge in [-0.15, -0.1) is 0 Å². The number of carbonyl (C=O) groups is 3. The van der Waals surface area contributed by atoms with Gasteiger partial charge in [-0.1, -0.05) is 74.9 Å². The van der Waals surface area contributed by atoms with Gasteiger partial charge in [-0.2, -0.15) is 0 Å². The monoisotopic (exact) mass is 509 g/mol. The van der Waals surface area contributed by atoms with Crippen molar-refractivity contribution in [3.8, 4) is 0 Å². The van der Waals surface area contributed by atoms with Crippen molar-refractivity contribution in [1.29, 1.82) is 0 Å². The third-order valence-corrected chi connectivity index (χ3v) is 6.28. The van der Waals surface area contributed by atoms with E-state index >= 15 is 0 Å². The van der Waals surface area contributed by atoms with E-state index in [1.165, 1.54) is 0 Å². The van der Waals surface area contributed by atoms with E-state index in [-0.39, 0.29) is 23.8 Å². The molecule has 3 unspecified atom stereocenters. The Balaban J connectivity index is 2.47. The summed E-state index contributed by atoms with van der Waals surface area (Å²) in [6.45, 7) is 15.2. The van der Waals surface area contributed by atoms with Crippen LogP contribution in [0, 0.1) is 12.8 Å². The van der Waals surface area contributed by atoms with Crippen molar-refractivity contribution in [1.82, 2.24) is 15.5 Å². The minimum Gasteiger partial charge on any atom is -0.444 e. The molecule has 0 aliphatic heterocycles. The molecule has 0 bridgehead atoms. The van der Waals surface area contributed by atoms with Crippen molar-refractivity contribution in [3.63, 3.8) is 0 Å². The largest absolute Gasteiger partial charge is 0.444 e. The third kappa shape index (κ3) is 8.62. The number of amides is 3. The highest BCUT2D eigenvalue weighted by Gasteiger charge is 2.39. The smallest absolute Gasteiger partial charge is 0.408 e. The van der Waals surface area contributed by atoms with Gasteiger partial charge in [0, 0.05) is 12.6 Å². The molecule has 3 amide bonds. The first-order valence-corrected chi connectivity index (χ1v) is 13.0. The number of hydrogen-bond acceptors (Lipinski definition) is 4. The molecule has 37 heavy (non-hydrogen) atoms. The molecule has 3 atom stereocenters. The van der Waals surface area contributed by atoms with Crippen molar-refractivity contribution in [2.24, 2.45) is 5.92 Å². The Morgan fingerprint density at radius 3 is 2.08 bits per heavy atom. The van der Waals surface area contributed by atoms with E-state index in [0.29, 0.717) is 13.0 Å². The van der Waals surface area contributed by atoms with Gasteiger partial charge in [0.15, 0.2) is 0 Å². The molecule has 0 saturated carbocycles. The van der Waals surface area contributed by atoms with E-state index < -0.39 is 23.8 Å². The second-order valence-electron chi connectivity index (χ2n) is 10.8. The number of nitrogens with one attached hydrogen (secondary N) is 2. The summed E-state index contributed by atoms with van der Waals surface area (Å²) in [7, 11) is 0. The van der Waals surface area contributed by atoms with Crippen LogP contribution in [0.2, 0.25) is 0 Å². The highest BCUT2D eigenvalue weighted by molar-refractivity contribution is 5.92. The number of carbonyl (C=O) groups excluding carboxylic acids is 3. The van der Waals surface area contributed by atoms with Gasteiger partial charge >= 0.3 is 6.09 Å². The van der Waals surface area contributed by atoms with Gasteiger partial charge in [-0.3, -0.25) is 9.59 Å². The Bertz CT molecular complexity index is 1050. The summed E-state index contributed by atoms with van der Waals surface area (Å²) in [4.78, 5) is 42.2. The Morgan fingerprint density at radius 2 is 1.54 bits per heavy atom. The molecule has 0 aromatic heterocycles. The molecule has 0 aliphatic rings. The molecule has 2 N–H and O–H groups in total. The van der Waals surface area contributed by atoms with Crippen molar-refractivity contribution < 1.29 is 19.1 Å². The van der Waals surface area contributed by atoms with Gasteiger partial charge < -0.3 is 20.3 Å². The maximum Gasteiger partial charge on any atom is 0.408 e. The number of nitrogens with zero attached hydrogens (tertiary/aromatic N) is 1. The van der Waals surface area contributed by atoms with Crippen LogP contribution in [0.5, 0.6) is 0 Å². The van der Waals surface area contributed by atoms with Crippen LogP contribution >= 0.6 is 0 Å². The maximum absolute atomic E-state index is 14.2. The van der Waals surface area contributed by atoms with Crippen molar-refractivity contribution in [2.75, 3.05) is 0 Å². The quantitative estimate of drug-likeness (QED) is 0.441. The Labute approximate surface area is 222 Å². The Hall–Kier alpha value is -3.35. The lowest BCUT2D eigenvalue weighted by atomic mass is 9.93. The predicted octanol–water partition coefficient (Wildman–Crippen LogP) is 5.53. The lowest BCUT2D eigenvalue weighted by molar-refractivity contribution is -0.145. The molecule has 0 saturated heterocycles. The summed E-state index contributed by atoms with van der Waals surface area (Å²) in [6.07, 6.45) is 0.00345. The standard InChI is InChI=1S/C30H43N3O4/c1-9-21(4)25(32-29(36)37-30(6,7)8)28(35)33(20(2)3)26(24-18-14-13-15-22(24)5)27(34)31-19-23-16-11-10-12-17-23/h10-18,20-21,25-26H,9,19H2,1-8H3,(H,31,34)(H,32,36). The number of benzene rings is 2. The molecular weight excluding hydrogens is 466 g/mol. The molecule has 0 spiro atoms. The van der Waals surface area contributed by atoms with Crippen LogP contribution in [0.1, 0.15) is 77.6 Å². The van der Waals surface area contributed by atoms with Gasteiger partial charge in [0.2, 0.25) is 11.8 Å². The Kier molecular flexibility index (Phi) is 10.7. The van der Waals surface area contributed by atoms with E-state index in [2.05, 4.69) is 10.6 Å². The molecule has 0 fully saturated rings. The highest BCUT2D eigenvalue weighted by atomic mass is 16.6. The van der Waals surface area contributed by atoms with Gasteiger partial charge in [-0.05, 0) is 64.2 Å². The molecule has 2 aromatic carbocycles. The minimum atomic E-state index is -0.871. The zero-order valence-corrected chi connectivity index (χ0v) is 23.5. The third-order valence-electron chi connectivity index (χ3n) is 6.28. The molecule has 7 heteroatoms. The summed E-state index contributed by atoms with van der Waals surface area (Å²) in [5, 5.41) is 5.82. The van der Waals surface area contributed by atoms with E-state index in [1.54, 1.807) is 25.7 Å². The molecule has 2 aromatic rings. The average molecular weight is 510 g/mol. The fourth-order valence-corrected chi connectivity index (χ4v) is 4.15. The molecular formula is C30H43N3O4. The second kappa shape index (κ2) is 13.3. The van der Waals surface area contributed by atoms with E-state index in [1.807, 2.05) is 89.2 Å². The summed E-state index contributed by atoms with van der Waals surface area (Å²) in [6, 6.07) is 15.2. The van der Waals surface area contributed by atoms with Gasteiger partial charge in [-0.25, -0.2) is 4.79 Å². The maximum atomic E-state index is 14.2. The summed E-state index contributed by atoms with van der Waals surface area (Å²) in [5.74, 6) is -0.773. The van der Waals surface area contributed by atoms with Crippen LogP contribution in [0.25, 0.3) is 0 Å². The van der Waals surface area contributed by atoms with Crippen LogP contribution in [-0.4, -0.2) is 40.5 Å². The van der Waals surface area contributed by atoms with Crippen LogP contribution in [0.4, 0.5) is 4.79 Å². The number of alkyl carbamates (subject to hydrolysis) is 1. The zero-order chi connectivity index (χ0) is 27.8. The van der Waals surface area contributed by atoms with Crippen LogP contribution < -0.4 is 10.6 Å². The van der Waals surface area contributed by atoms with Crippen LogP contribution in [-0.2, 0) is 20.9 Å². The van der Waals surface area contributed by atoms with Crippen molar-refractivity contribution in [2.45, 2.75) is 92.1 Å². The van der Waals surface area contributed by atoms with Crippen molar-refractivity contribution >= 4 is 17.9 Å². The fraction of sp³-hybridized carbons (Fsp3) is 0.500. The van der Waals surface area contributed by atoms with Gasteiger partial charge in [0.05, 0.1) is 0 Å². The lowest BCUT2D eigenvalue weighted by Crippen LogP contribution is -2.57. The topological polar surface area (TPSA) is 87.7 Å². The average Bonchev–Trinajstić information content (AvgIpc) is 2.83. The molecule has 202 valence electrons. The molecule has 2 rings (SSSR count). The van der Waals surface area contributed by atoms with Crippen LogP contribution in [0.3, 0.4) is 0 Å². The van der Waals surface area contributed by atoms with Crippen molar-refractivity contribution in [3.05, 3.63) is 71.3 Å². The summed E-state index contributed by atoms with van der Waals surface area (Å²) >= 11 is 0. The zero-order valence-electron chi connectivity index (χ0n) is 23.5. The second-order valence-corrected chi connectivity index (χ2v) is 10.8. The van der Waals surface area contributed by atoms with Gasteiger partial charge in [0.25, 0.3) is 0 Å². The number of hydrogen-bond donors (Lipinski definition) is 2. The predicted molar refractivity (Wildman–Crippen MR) is 147 cm³/mol. The molecule has 0 aliphatic carbocycles. The molecule has 7 nitrogen and oxygen atoms in total. The van der Waals surface area contributed by atoms with Gasteiger partial charge in [0.1, 0.15) is 17.7 Å². The summed E-state index contributed by atoms with van der Waals surface area (Å²) in [5.41, 5.74) is 1.91. The highest BCUT2D eigenvalue weighted by Crippen LogP contribution is 2.29. The Morgan fingerprint density at radius 1 is 0.946 bits per heavy atom. The first-order valence-electron chi connectivity index (χ1n) is 13.0. The van der Waals surface area contributed by atoms with Crippen LogP contribution in [0.15, 0.2) is 54.6 Å².